The summed E-state index contributed by atoms with van der Waals surface area (Å²) in [6, 6.07) is 20.2. The van der Waals surface area contributed by atoms with Crippen LogP contribution in [0.1, 0.15) is 28.6 Å². The number of H-pyrrole nitrogens is 1. The first-order valence-electron chi connectivity index (χ1n) is 10.1. The molecule has 1 atom stereocenters. The van der Waals surface area contributed by atoms with E-state index in [-0.39, 0.29) is 23.9 Å². The minimum atomic E-state index is -0.321. The predicted octanol–water partition coefficient (Wildman–Crippen LogP) is 2.98. The zero-order chi connectivity index (χ0) is 21.8. The van der Waals surface area contributed by atoms with Gasteiger partial charge in [-0.05, 0) is 18.6 Å². The number of carbonyl (C=O) groups is 1. The van der Waals surface area contributed by atoms with Crippen molar-refractivity contribution >= 4 is 11.6 Å². The first-order valence-corrected chi connectivity index (χ1v) is 10.1. The molecule has 4 aromatic rings. The van der Waals surface area contributed by atoms with E-state index < -0.39 is 0 Å². The lowest BCUT2D eigenvalue weighted by Gasteiger charge is -2.19. The standard InChI is InChI=1S/C24H24N4O3/c1-16-12-22-25-19(15-24(30)28(22)27-16)14-20(17-8-4-3-5-9-17)26-23(29)13-18-10-6-7-11-21(18)31-2/h3-12,15,20,27H,13-14H2,1-2H3,(H,26,29). The summed E-state index contributed by atoms with van der Waals surface area (Å²) in [5.41, 5.74) is 3.62. The van der Waals surface area contributed by atoms with Crippen molar-refractivity contribution in [3.63, 3.8) is 0 Å². The van der Waals surface area contributed by atoms with E-state index in [1.54, 1.807) is 7.11 Å². The number of carbonyl (C=O) groups excluding carboxylic acids is 1. The average Bonchev–Trinajstić information content (AvgIpc) is 3.15. The molecule has 2 heterocycles. The fraction of sp³-hybridized carbons (Fsp3) is 0.208. The molecule has 0 radical (unpaired) electrons. The highest BCUT2D eigenvalue weighted by Crippen LogP contribution is 2.20. The van der Waals surface area contributed by atoms with Crippen LogP contribution in [0.25, 0.3) is 5.65 Å². The minimum absolute atomic E-state index is 0.131. The van der Waals surface area contributed by atoms with Gasteiger partial charge in [0.2, 0.25) is 5.91 Å². The van der Waals surface area contributed by atoms with E-state index in [0.29, 0.717) is 23.5 Å². The van der Waals surface area contributed by atoms with Crippen LogP contribution in [0.5, 0.6) is 5.75 Å². The molecule has 0 saturated heterocycles. The molecular formula is C24H24N4O3. The average molecular weight is 416 g/mol. The molecule has 31 heavy (non-hydrogen) atoms. The van der Waals surface area contributed by atoms with Crippen molar-refractivity contribution in [3.05, 3.63) is 99.6 Å². The number of aromatic amines is 1. The van der Waals surface area contributed by atoms with Gasteiger partial charge in [-0.1, -0.05) is 48.5 Å². The second-order valence-electron chi connectivity index (χ2n) is 7.44. The number of benzene rings is 2. The number of aromatic nitrogens is 3. The Hall–Kier alpha value is -3.87. The summed E-state index contributed by atoms with van der Waals surface area (Å²) >= 11 is 0. The summed E-state index contributed by atoms with van der Waals surface area (Å²) in [5.74, 6) is 0.547. The fourth-order valence-corrected chi connectivity index (χ4v) is 3.68. The van der Waals surface area contributed by atoms with Gasteiger partial charge in [0.05, 0.1) is 25.3 Å². The number of hydrogen-bond donors (Lipinski definition) is 2. The maximum atomic E-state index is 12.9. The number of rotatable bonds is 7. The van der Waals surface area contributed by atoms with Gasteiger partial charge in [0, 0.05) is 29.8 Å². The first kappa shape index (κ1) is 20.4. The smallest absolute Gasteiger partial charge is 0.272 e. The zero-order valence-electron chi connectivity index (χ0n) is 17.5. The molecule has 0 aliphatic carbocycles. The van der Waals surface area contributed by atoms with Crippen LogP contribution in [0.15, 0.2) is 71.5 Å². The quantitative estimate of drug-likeness (QED) is 0.485. The molecule has 2 N–H and O–H groups in total. The van der Waals surface area contributed by atoms with E-state index in [9.17, 15) is 9.59 Å². The van der Waals surface area contributed by atoms with Gasteiger partial charge in [-0.15, -0.1) is 0 Å². The molecule has 1 amide bonds. The molecular weight excluding hydrogens is 392 g/mol. The summed E-state index contributed by atoms with van der Waals surface area (Å²) in [6.45, 7) is 1.87. The van der Waals surface area contributed by atoms with E-state index >= 15 is 0 Å². The number of para-hydroxylation sites is 1. The molecule has 7 nitrogen and oxygen atoms in total. The Kier molecular flexibility index (Phi) is 5.84. The molecule has 0 saturated carbocycles. The van der Waals surface area contributed by atoms with E-state index in [4.69, 9.17) is 4.74 Å². The fourth-order valence-electron chi connectivity index (χ4n) is 3.68. The number of fused-ring (bicyclic) bond motifs is 1. The number of hydrogen-bond acceptors (Lipinski definition) is 4. The summed E-state index contributed by atoms with van der Waals surface area (Å²) in [5, 5.41) is 6.07. The van der Waals surface area contributed by atoms with Crippen LogP contribution in [0.3, 0.4) is 0 Å². The van der Waals surface area contributed by atoms with Crippen LogP contribution in [0.4, 0.5) is 0 Å². The van der Waals surface area contributed by atoms with Crippen molar-refractivity contribution in [1.82, 2.24) is 19.9 Å². The Morgan fingerprint density at radius 3 is 2.65 bits per heavy atom. The third-order valence-electron chi connectivity index (χ3n) is 5.13. The van der Waals surface area contributed by atoms with Gasteiger partial charge < -0.3 is 10.1 Å². The molecule has 2 aromatic heterocycles. The molecule has 2 aromatic carbocycles. The number of nitrogens with one attached hydrogen (secondary N) is 2. The highest BCUT2D eigenvalue weighted by atomic mass is 16.5. The Labute approximate surface area is 179 Å². The number of ether oxygens (including phenoxy) is 1. The number of nitrogens with zero attached hydrogens (tertiary/aromatic N) is 2. The van der Waals surface area contributed by atoms with Crippen molar-refractivity contribution in [3.8, 4) is 5.75 Å². The Morgan fingerprint density at radius 2 is 1.87 bits per heavy atom. The molecule has 0 spiro atoms. The maximum absolute atomic E-state index is 12.9. The van der Waals surface area contributed by atoms with Gasteiger partial charge in [-0.25, -0.2) is 9.50 Å². The predicted molar refractivity (Wildman–Crippen MR) is 118 cm³/mol. The third-order valence-corrected chi connectivity index (χ3v) is 5.13. The van der Waals surface area contributed by atoms with Gasteiger partial charge in [-0.2, -0.15) is 0 Å². The largest absolute Gasteiger partial charge is 0.496 e. The van der Waals surface area contributed by atoms with Crippen molar-refractivity contribution in [2.24, 2.45) is 0 Å². The van der Waals surface area contributed by atoms with Crippen LogP contribution in [0, 0.1) is 6.92 Å². The lowest BCUT2D eigenvalue weighted by molar-refractivity contribution is -0.121. The van der Waals surface area contributed by atoms with Crippen LogP contribution in [-0.4, -0.2) is 27.6 Å². The minimum Gasteiger partial charge on any atom is -0.496 e. The van der Waals surface area contributed by atoms with Crippen LogP contribution in [-0.2, 0) is 17.6 Å². The normalized spacial score (nSPS) is 11.9. The molecule has 4 rings (SSSR count). The molecule has 7 heteroatoms. The summed E-state index contributed by atoms with van der Waals surface area (Å²) in [7, 11) is 1.59. The number of methoxy groups -OCH3 is 1. The lowest BCUT2D eigenvalue weighted by Crippen LogP contribution is -2.32. The molecule has 0 aliphatic rings. The van der Waals surface area contributed by atoms with Gasteiger partial charge in [0.25, 0.3) is 5.56 Å². The number of aryl methyl sites for hydroxylation is 1. The van der Waals surface area contributed by atoms with Gasteiger partial charge in [0.15, 0.2) is 5.65 Å². The maximum Gasteiger partial charge on any atom is 0.272 e. The molecule has 0 aliphatic heterocycles. The highest BCUT2D eigenvalue weighted by molar-refractivity contribution is 5.79. The second-order valence-corrected chi connectivity index (χ2v) is 7.44. The zero-order valence-corrected chi connectivity index (χ0v) is 17.5. The Balaban J connectivity index is 1.59. The van der Waals surface area contributed by atoms with Gasteiger partial charge in [0.1, 0.15) is 5.75 Å². The van der Waals surface area contributed by atoms with Gasteiger partial charge in [-0.3, -0.25) is 14.7 Å². The van der Waals surface area contributed by atoms with Crippen LogP contribution in [0.2, 0.25) is 0 Å². The van der Waals surface area contributed by atoms with Crippen molar-refractivity contribution in [2.45, 2.75) is 25.8 Å². The third kappa shape index (κ3) is 4.66. The van der Waals surface area contributed by atoms with E-state index in [1.807, 2.05) is 67.6 Å². The molecule has 0 fully saturated rings. The molecule has 1 unspecified atom stereocenters. The summed E-state index contributed by atoms with van der Waals surface area (Å²) < 4.78 is 6.77. The second kappa shape index (κ2) is 8.87. The topological polar surface area (TPSA) is 88.5 Å². The summed E-state index contributed by atoms with van der Waals surface area (Å²) in [6.07, 6.45) is 0.594. The van der Waals surface area contributed by atoms with Crippen molar-refractivity contribution in [1.29, 1.82) is 0 Å². The lowest BCUT2D eigenvalue weighted by atomic mass is 10.0. The van der Waals surface area contributed by atoms with Gasteiger partial charge >= 0.3 is 0 Å². The highest BCUT2D eigenvalue weighted by Gasteiger charge is 2.18. The first-order chi connectivity index (χ1) is 15.0. The summed E-state index contributed by atoms with van der Waals surface area (Å²) in [4.78, 5) is 29.9. The SMILES string of the molecule is COc1ccccc1CC(=O)NC(Cc1cc(=O)n2[nH]c(C)cc2n1)c1ccccc1. The van der Waals surface area contributed by atoms with Crippen molar-refractivity contribution < 1.29 is 9.53 Å². The van der Waals surface area contributed by atoms with Crippen molar-refractivity contribution in [2.75, 3.05) is 7.11 Å². The molecule has 158 valence electrons. The van der Waals surface area contributed by atoms with E-state index in [0.717, 1.165) is 16.8 Å². The monoisotopic (exact) mass is 416 g/mol. The van der Waals surface area contributed by atoms with E-state index in [1.165, 1.54) is 10.6 Å². The Bertz CT molecular complexity index is 1260. The van der Waals surface area contributed by atoms with Crippen LogP contribution >= 0.6 is 0 Å². The number of amides is 1. The van der Waals surface area contributed by atoms with E-state index in [2.05, 4.69) is 15.4 Å². The molecule has 0 bridgehead atoms. The van der Waals surface area contributed by atoms with Crippen LogP contribution < -0.4 is 15.6 Å². The Morgan fingerprint density at radius 1 is 1.13 bits per heavy atom.